The van der Waals surface area contributed by atoms with Crippen LogP contribution in [0.15, 0.2) is 11.1 Å². The maximum Gasteiger partial charge on any atom is 0.0293 e. The molecule has 82 valence electrons. The van der Waals surface area contributed by atoms with Crippen LogP contribution in [0, 0.1) is 0 Å². The molecule has 0 unspecified atom stereocenters. The first kappa shape index (κ1) is 12.2. The molecule has 0 saturated heterocycles. The second-order valence-electron chi connectivity index (χ2n) is 4.23. The summed E-state index contributed by atoms with van der Waals surface area (Å²) in [6.45, 7) is 4.85. The zero-order valence-corrected chi connectivity index (χ0v) is 10.8. The van der Waals surface area contributed by atoms with E-state index in [1.54, 1.807) is 0 Å². The third-order valence-corrected chi connectivity index (χ3v) is 3.40. The van der Waals surface area contributed by atoms with E-state index in [4.69, 9.17) is 0 Å². The number of nitrogens with zero attached hydrogens (tertiary/aromatic N) is 1. The summed E-state index contributed by atoms with van der Waals surface area (Å²) in [5, 5.41) is 3.36. The molecule has 1 N–H and O–H groups in total. The topological polar surface area (TPSA) is 15.3 Å². The second-order valence-corrected chi connectivity index (χ2v) is 5.35. The molecule has 0 heterocycles. The number of hydrogen-bond donors (Lipinski definition) is 1. The number of hydrogen-bond acceptors (Lipinski definition) is 2. The summed E-state index contributed by atoms with van der Waals surface area (Å²) in [4.78, 5) is 2.41. The first-order chi connectivity index (χ1) is 6.63. The van der Waals surface area contributed by atoms with Crippen LogP contribution in [-0.2, 0) is 0 Å². The van der Waals surface area contributed by atoms with Crippen LogP contribution < -0.4 is 5.32 Å². The van der Waals surface area contributed by atoms with Crippen LogP contribution in [0.1, 0.15) is 25.7 Å². The first-order valence-corrected chi connectivity index (χ1v) is 6.13. The van der Waals surface area contributed by atoms with Gasteiger partial charge in [0, 0.05) is 23.1 Å². The van der Waals surface area contributed by atoms with Crippen LogP contribution >= 0.6 is 15.9 Å². The number of rotatable bonds is 4. The first-order valence-electron chi connectivity index (χ1n) is 5.34. The highest BCUT2D eigenvalue weighted by Crippen LogP contribution is 2.23. The lowest BCUT2D eigenvalue weighted by Gasteiger charge is -2.34. The van der Waals surface area contributed by atoms with Crippen molar-refractivity contribution in [3.8, 4) is 0 Å². The predicted molar refractivity (Wildman–Crippen MR) is 65.8 cm³/mol. The van der Waals surface area contributed by atoms with E-state index in [-0.39, 0.29) is 0 Å². The van der Waals surface area contributed by atoms with E-state index in [9.17, 15) is 0 Å². The molecule has 1 rings (SSSR count). The Morgan fingerprint density at radius 1 is 1.43 bits per heavy atom. The minimum atomic E-state index is 0.742. The normalized spacial score (nSPS) is 28.0. The van der Waals surface area contributed by atoms with Gasteiger partial charge in [-0.25, -0.2) is 0 Å². The lowest BCUT2D eigenvalue weighted by molar-refractivity contribution is 0.191. The monoisotopic (exact) mass is 260 g/mol. The molecular weight excluding hydrogens is 240 g/mol. The summed E-state index contributed by atoms with van der Waals surface area (Å²) in [7, 11) is 4.26. The Bertz CT molecular complexity index is 186. The van der Waals surface area contributed by atoms with E-state index in [1.165, 1.54) is 25.7 Å². The van der Waals surface area contributed by atoms with Gasteiger partial charge in [-0.1, -0.05) is 22.5 Å². The number of nitrogens with one attached hydrogen (secondary N) is 1. The van der Waals surface area contributed by atoms with Gasteiger partial charge in [-0.15, -0.1) is 0 Å². The Morgan fingerprint density at radius 3 is 2.43 bits per heavy atom. The number of halogens is 1. The molecule has 0 atom stereocenters. The van der Waals surface area contributed by atoms with Crippen LogP contribution in [0.3, 0.4) is 0 Å². The maximum absolute atomic E-state index is 3.88. The highest BCUT2D eigenvalue weighted by molar-refractivity contribution is 9.11. The Kier molecular flexibility index (Phi) is 5.13. The fourth-order valence-electron chi connectivity index (χ4n) is 2.20. The fourth-order valence-corrected chi connectivity index (χ4v) is 2.60. The predicted octanol–water partition coefficient (Wildman–Crippen LogP) is 2.36. The Hall–Kier alpha value is 0.140. The molecule has 1 aliphatic rings. The quantitative estimate of drug-likeness (QED) is 0.835. The summed E-state index contributed by atoms with van der Waals surface area (Å²) in [6, 6.07) is 1.49. The molecule has 0 aromatic heterocycles. The smallest absolute Gasteiger partial charge is 0.0293 e. The zero-order valence-electron chi connectivity index (χ0n) is 9.22. The lowest BCUT2D eigenvalue weighted by Crippen LogP contribution is -2.40. The van der Waals surface area contributed by atoms with Gasteiger partial charge in [-0.2, -0.15) is 0 Å². The van der Waals surface area contributed by atoms with Crippen LogP contribution in [-0.4, -0.2) is 37.6 Å². The number of likely N-dealkylation sites (N-methyl/N-ethyl adjacent to an activating group) is 1. The SMILES string of the molecule is C=C(Br)CN(C)C1CCC(NC)CC1. The molecule has 0 aromatic carbocycles. The van der Waals surface area contributed by atoms with Gasteiger partial charge in [0.2, 0.25) is 0 Å². The molecule has 0 amide bonds. The zero-order chi connectivity index (χ0) is 10.6. The van der Waals surface area contributed by atoms with Crippen LogP contribution in [0.4, 0.5) is 0 Å². The molecular formula is C11H21BrN2. The summed E-state index contributed by atoms with van der Waals surface area (Å²) in [5.41, 5.74) is 0. The van der Waals surface area contributed by atoms with Crippen LogP contribution in [0.2, 0.25) is 0 Å². The summed E-state index contributed by atoms with van der Waals surface area (Å²) in [5.74, 6) is 0. The lowest BCUT2D eigenvalue weighted by atomic mass is 9.90. The Morgan fingerprint density at radius 2 is 2.00 bits per heavy atom. The molecule has 2 nitrogen and oxygen atoms in total. The minimum absolute atomic E-state index is 0.742. The molecule has 1 saturated carbocycles. The highest BCUT2D eigenvalue weighted by Gasteiger charge is 2.22. The van der Waals surface area contributed by atoms with Crippen molar-refractivity contribution in [3.63, 3.8) is 0 Å². The fraction of sp³-hybridized carbons (Fsp3) is 0.818. The summed E-state index contributed by atoms with van der Waals surface area (Å²) >= 11 is 3.42. The van der Waals surface area contributed by atoms with Crippen molar-refractivity contribution in [2.24, 2.45) is 0 Å². The van der Waals surface area contributed by atoms with Crippen molar-refractivity contribution in [3.05, 3.63) is 11.1 Å². The minimum Gasteiger partial charge on any atom is -0.317 e. The Labute approximate surface area is 95.9 Å². The van der Waals surface area contributed by atoms with Gasteiger partial charge < -0.3 is 5.32 Å². The van der Waals surface area contributed by atoms with E-state index in [0.717, 1.165) is 23.1 Å². The van der Waals surface area contributed by atoms with Crippen molar-refractivity contribution >= 4 is 15.9 Å². The molecule has 1 aliphatic carbocycles. The largest absolute Gasteiger partial charge is 0.317 e. The van der Waals surface area contributed by atoms with Gasteiger partial charge in [-0.05, 0) is 39.8 Å². The summed E-state index contributed by atoms with van der Waals surface area (Å²) in [6.07, 6.45) is 5.23. The van der Waals surface area contributed by atoms with E-state index in [2.05, 4.69) is 46.8 Å². The van der Waals surface area contributed by atoms with Gasteiger partial charge in [0.15, 0.2) is 0 Å². The summed E-state index contributed by atoms with van der Waals surface area (Å²) < 4.78 is 1.08. The van der Waals surface area contributed by atoms with Crippen molar-refractivity contribution < 1.29 is 0 Å². The van der Waals surface area contributed by atoms with Crippen LogP contribution in [0.25, 0.3) is 0 Å². The molecule has 0 bridgehead atoms. The third kappa shape index (κ3) is 3.71. The molecule has 3 heteroatoms. The highest BCUT2D eigenvalue weighted by atomic mass is 79.9. The van der Waals surface area contributed by atoms with Crippen molar-refractivity contribution in [2.45, 2.75) is 37.8 Å². The van der Waals surface area contributed by atoms with Gasteiger partial charge in [0.1, 0.15) is 0 Å². The second kappa shape index (κ2) is 5.89. The van der Waals surface area contributed by atoms with Gasteiger partial charge in [-0.3, -0.25) is 4.90 Å². The standard InChI is InChI=1S/C11H21BrN2/c1-9(12)8-14(3)11-6-4-10(13-2)5-7-11/h10-11,13H,1,4-8H2,2-3H3. The van der Waals surface area contributed by atoms with Crippen LogP contribution in [0.5, 0.6) is 0 Å². The van der Waals surface area contributed by atoms with Crippen molar-refractivity contribution in [1.82, 2.24) is 10.2 Å². The van der Waals surface area contributed by atoms with E-state index < -0.39 is 0 Å². The van der Waals surface area contributed by atoms with E-state index >= 15 is 0 Å². The molecule has 0 aliphatic heterocycles. The molecule has 0 spiro atoms. The molecule has 14 heavy (non-hydrogen) atoms. The molecule has 0 radical (unpaired) electrons. The van der Waals surface area contributed by atoms with E-state index in [0.29, 0.717) is 0 Å². The third-order valence-electron chi connectivity index (χ3n) is 3.15. The van der Waals surface area contributed by atoms with Gasteiger partial charge >= 0.3 is 0 Å². The molecule has 0 aromatic rings. The average molecular weight is 261 g/mol. The van der Waals surface area contributed by atoms with Gasteiger partial charge in [0.25, 0.3) is 0 Å². The Balaban J connectivity index is 2.30. The average Bonchev–Trinajstić information content (AvgIpc) is 2.17. The van der Waals surface area contributed by atoms with Gasteiger partial charge in [0.05, 0.1) is 0 Å². The molecule has 1 fully saturated rings. The van der Waals surface area contributed by atoms with Crippen molar-refractivity contribution in [1.29, 1.82) is 0 Å². The maximum atomic E-state index is 3.88. The van der Waals surface area contributed by atoms with E-state index in [1.807, 2.05) is 0 Å². The van der Waals surface area contributed by atoms with Crippen molar-refractivity contribution in [2.75, 3.05) is 20.6 Å².